The van der Waals surface area contributed by atoms with Crippen LogP contribution >= 0.6 is 0 Å². The zero-order valence-corrected chi connectivity index (χ0v) is 14.0. The Morgan fingerprint density at radius 2 is 1.96 bits per heavy atom. The number of hydrogen-bond acceptors (Lipinski definition) is 4. The van der Waals surface area contributed by atoms with Gasteiger partial charge in [0.25, 0.3) is 11.1 Å². The van der Waals surface area contributed by atoms with Gasteiger partial charge in [-0.2, -0.15) is 0 Å². The van der Waals surface area contributed by atoms with Crippen LogP contribution in [0.3, 0.4) is 0 Å². The van der Waals surface area contributed by atoms with Crippen molar-refractivity contribution in [2.75, 3.05) is 5.32 Å². The molecule has 0 atom stereocenters. The first-order valence-corrected chi connectivity index (χ1v) is 7.94. The summed E-state index contributed by atoms with van der Waals surface area (Å²) in [6.45, 7) is 4.08. The number of fused-ring (bicyclic) bond motifs is 1. The van der Waals surface area contributed by atoms with Gasteiger partial charge in [-0.15, -0.1) is 0 Å². The molecule has 2 heterocycles. The number of hydrogen-bond donors (Lipinski definition) is 1. The number of carbonyl (C=O) groups excluding carboxylic acids is 1. The van der Waals surface area contributed by atoms with E-state index in [-0.39, 0.29) is 23.6 Å². The zero-order chi connectivity index (χ0) is 18.0. The maximum absolute atomic E-state index is 12.5. The highest BCUT2D eigenvalue weighted by molar-refractivity contribution is 5.90. The number of aromatic nitrogens is 3. The van der Waals surface area contributed by atoms with Gasteiger partial charge >= 0.3 is 0 Å². The van der Waals surface area contributed by atoms with Gasteiger partial charge in [0, 0.05) is 18.8 Å². The lowest BCUT2D eigenvalue weighted by molar-refractivity contribution is -0.116. The van der Waals surface area contributed by atoms with Crippen LogP contribution in [0.1, 0.15) is 12.5 Å². The normalized spacial score (nSPS) is 10.8. The summed E-state index contributed by atoms with van der Waals surface area (Å²) in [6.07, 6.45) is 2.95. The van der Waals surface area contributed by atoms with Gasteiger partial charge in [-0.1, -0.05) is 12.1 Å². The number of benzene rings is 1. The highest BCUT2D eigenvalue weighted by Gasteiger charge is 2.10. The molecule has 3 aromatic rings. The Hall–Kier alpha value is -3.22. The van der Waals surface area contributed by atoms with Crippen molar-refractivity contribution in [3.8, 4) is 0 Å². The predicted octanol–water partition coefficient (Wildman–Crippen LogP) is 1.53. The van der Waals surface area contributed by atoms with Gasteiger partial charge < -0.3 is 9.88 Å². The van der Waals surface area contributed by atoms with Gasteiger partial charge in [-0.3, -0.25) is 19.0 Å². The second-order valence-electron chi connectivity index (χ2n) is 5.74. The fraction of sp³-hybridized carbons (Fsp3) is 0.222. The Morgan fingerprint density at radius 3 is 2.72 bits per heavy atom. The number of amides is 1. The summed E-state index contributed by atoms with van der Waals surface area (Å²) < 4.78 is 2.76. The van der Waals surface area contributed by atoms with Gasteiger partial charge in [0.1, 0.15) is 6.54 Å². The maximum atomic E-state index is 12.5. The Balaban J connectivity index is 1.84. The number of aryl methyl sites for hydroxylation is 2. The largest absolute Gasteiger partial charge is 0.323 e. The SMILES string of the molecule is CCn1cc(NC(=O)Cn2cnc3c(C)cccc3c2=O)ccc1=O. The van der Waals surface area contributed by atoms with E-state index in [0.29, 0.717) is 23.1 Å². The minimum atomic E-state index is -0.364. The van der Waals surface area contributed by atoms with Crippen molar-refractivity contribution in [2.24, 2.45) is 0 Å². The Morgan fingerprint density at radius 1 is 1.16 bits per heavy atom. The van der Waals surface area contributed by atoms with Crippen molar-refractivity contribution in [2.45, 2.75) is 26.9 Å². The quantitative estimate of drug-likeness (QED) is 0.781. The summed E-state index contributed by atoms with van der Waals surface area (Å²) >= 11 is 0. The molecular formula is C18H18N4O3. The molecule has 0 radical (unpaired) electrons. The third-order valence-corrected chi connectivity index (χ3v) is 3.98. The Bertz CT molecular complexity index is 1070. The maximum Gasteiger partial charge on any atom is 0.261 e. The summed E-state index contributed by atoms with van der Waals surface area (Å²) in [6, 6.07) is 8.31. The summed E-state index contributed by atoms with van der Waals surface area (Å²) in [5.74, 6) is -0.364. The average Bonchev–Trinajstić information content (AvgIpc) is 2.59. The fourth-order valence-electron chi connectivity index (χ4n) is 2.66. The minimum absolute atomic E-state index is 0.134. The van der Waals surface area contributed by atoms with Crippen molar-refractivity contribution < 1.29 is 4.79 Å². The molecule has 0 saturated heterocycles. The molecule has 0 fully saturated rings. The van der Waals surface area contributed by atoms with Crippen molar-refractivity contribution in [1.82, 2.24) is 14.1 Å². The highest BCUT2D eigenvalue weighted by Crippen LogP contribution is 2.11. The molecule has 7 heteroatoms. The van der Waals surface area contributed by atoms with Crippen LogP contribution in [0.4, 0.5) is 5.69 Å². The van der Waals surface area contributed by atoms with E-state index in [9.17, 15) is 14.4 Å². The van der Waals surface area contributed by atoms with E-state index in [1.54, 1.807) is 18.3 Å². The lowest BCUT2D eigenvalue weighted by Gasteiger charge is -2.10. The fourth-order valence-corrected chi connectivity index (χ4v) is 2.66. The topological polar surface area (TPSA) is 86.0 Å². The Kier molecular flexibility index (Phi) is 4.47. The van der Waals surface area contributed by atoms with Gasteiger partial charge in [0.15, 0.2) is 0 Å². The number of nitrogens with one attached hydrogen (secondary N) is 1. The number of para-hydroxylation sites is 1. The van der Waals surface area contributed by atoms with Crippen LogP contribution in [0, 0.1) is 6.92 Å². The van der Waals surface area contributed by atoms with Gasteiger partial charge in [0.05, 0.1) is 22.9 Å². The molecule has 0 aliphatic carbocycles. The number of anilines is 1. The van der Waals surface area contributed by atoms with Gasteiger partial charge in [0.2, 0.25) is 5.91 Å². The third-order valence-electron chi connectivity index (χ3n) is 3.98. The van der Waals surface area contributed by atoms with Crippen molar-refractivity contribution in [3.63, 3.8) is 0 Å². The van der Waals surface area contributed by atoms with E-state index in [2.05, 4.69) is 10.3 Å². The highest BCUT2D eigenvalue weighted by atomic mass is 16.2. The molecule has 3 rings (SSSR count). The van der Waals surface area contributed by atoms with Crippen LogP contribution in [0.15, 0.2) is 52.4 Å². The first-order chi connectivity index (χ1) is 12.0. The van der Waals surface area contributed by atoms with Crippen molar-refractivity contribution in [3.05, 3.63) is 69.1 Å². The van der Waals surface area contributed by atoms with E-state index in [1.165, 1.54) is 27.6 Å². The molecule has 128 valence electrons. The van der Waals surface area contributed by atoms with Crippen LogP contribution in [-0.4, -0.2) is 20.0 Å². The third kappa shape index (κ3) is 3.35. The smallest absolute Gasteiger partial charge is 0.261 e. The summed E-state index contributed by atoms with van der Waals surface area (Å²) in [4.78, 5) is 40.6. The molecule has 0 bridgehead atoms. The molecule has 0 spiro atoms. The lowest BCUT2D eigenvalue weighted by atomic mass is 10.1. The number of nitrogens with zero attached hydrogens (tertiary/aromatic N) is 3. The average molecular weight is 338 g/mol. The number of rotatable bonds is 4. The van der Waals surface area contributed by atoms with E-state index in [0.717, 1.165) is 5.56 Å². The number of pyridine rings is 1. The summed E-state index contributed by atoms with van der Waals surface area (Å²) in [5.41, 5.74) is 1.66. The Labute approximate surface area is 143 Å². The number of carbonyl (C=O) groups is 1. The first-order valence-electron chi connectivity index (χ1n) is 7.94. The lowest BCUT2D eigenvalue weighted by Crippen LogP contribution is -2.28. The molecule has 0 aliphatic rings. The molecule has 0 saturated carbocycles. The molecule has 1 N–H and O–H groups in total. The van der Waals surface area contributed by atoms with Crippen LogP contribution in [-0.2, 0) is 17.9 Å². The van der Waals surface area contributed by atoms with Gasteiger partial charge in [-0.05, 0) is 31.5 Å². The molecule has 7 nitrogen and oxygen atoms in total. The van der Waals surface area contributed by atoms with E-state index in [1.807, 2.05) is 19.9 Å². The molecular weight excluding hydrogens is 320 g/mol. The van der Waals surface area contributed by atoms with Crippen LogP contribution < -0.4 is 16.4 Å². The minimum Gasteiger partial charge on any atom is -0.323 e. The predicted molar refractivity (Wildman–Crippen MR) is 95.7 cm³/mol. The second kappa shape index (κ2) is 6.72. The van der Waals surface area contributed by atoms with Gasteiger partial charge in [-0.25, -0.2) is 4.98 Å². The van der Waals surface area contributed by atoms with E-state index >= 15 is 0 Å². The zero-order valence-electron chi connectivity index (χ0n) is 14.0. The monoisotopic (exact) mass is 338 g/mol. The van der Waals surface area contributed by atoms with Crippen LogP contribution in [0.2, 0.25) is 0 Å². The van der Waals surface area contributed by atoms with E-state index < -0.39 is 0 Å². The summed E-state index contributed by atoms with van der Waals surface area (Å²) in [5, 5.41) is 3.17. The standard InChI is InChI=1S/C18H18N4O3/c1-3-21-9-13(7-8-16(21)24)20-15(23)10-22-11-19-17-12(2)5-4-6-14(17)18(22)25/h4-9,11H,3,10H2,1-2H3,(H,20,23). The van der Waals surface area contributed by atoms with Crippen LogP contribution in [0.5, 0.6) is 0 Å². The van der Waals surface area contributed by atoms with E-state index in [4.69, 9.17) is 0 Å². The molecule has 1 amide bonds. The molecule has 0 aliphatic heterocycles. The molecule has 1 aromatic carbocycles. The summed E-state index contributed by atoms with van der Waals surface area (Å²) in [7, 11) is 0. The first kappa shape index (κ1) is 16.6. The van der Waals surface area contributed by atoms with Crippen LogP contribution in [0.25, 0.3) is 10.9 Å². The van der Waals surface area contributed by atoms with Crippen molar-refractivity contribution >= 4 is 22.5 Å². The molecule has 25 heavy (non-hydrogen) atoms. The molecule has 2 aromatic heterocycles. The molecule has 0 unspecified atom stereocenters. The second-order valence-corrected chi connectivity index (χ2v) is 5.74. The van der Waals surface area contributed by atoms with Crippen molar-refractivity contribution in [1.29, 1.82) is 0 Å².